The Labute approximate surface area is 235 Å². The summed E-state index contributed by atoms with van der Waals surface area (Å²) in [6.07, 6.45) is -0.879. The van der Waals surface area contributed by atoms with Crippen molar-refractivity contribution in [3.8, 4) is 23.0 Å². The number of benzene rings is 2. The summed E-state index contributed by atoms with van der Waals surface area (Å²) in [7, 11) is 0. The molecule has 0 atom stereocenters. The van der Waals surface area contributed by atoms with E-state index in [1.165, 1.54) is 16.9 Å². The third kappa shape index (κ3) is 4.81. The van der Waals surface area contributed by atoms with E-state index in [2.05, 4.69) is 21.1 Å². The number of nitrogens with one attached hydrogen (secondary N) is 1. The number of carbonyl (C=O) groups excluding carboxylic acids is 1. The summed E-state index contributed by atoms with van der Waals surface area (Å²) in [6, 6.07) is 14.1. The number of pyridine rings is 1. The Bertz CT molecular complexity index is 1910. The van der Waals surface area contributed by atoms with Gasteiger partial charge in [-0.3, -0.25) is 14.3 Å². The molecule has 9 nitrogen and oxygen atoms in total. The van der Waals surface area contributed by atoms with E-state index >= 15 is 0 Å². The molecule has 42 heavy (non-hydrogen) atoms. The fourth-order valence-corrected chi connectivity index (χ4v) is 5.31. The molecule has 1 N–H and O–H groups in total. The third-order valence-corrected chi connectivity index (χ3v) is 7.35. The minimum atomic E-state index is -4.86. The van der Waals surface area contributed by atoms with Crippen molar-refractivity contribution in [2.45, 2.75) is 25.1 Å². The molecule has 1 fully saturated rings. The van der Waals surface area contributed by atoms with Crippen LogP contribution in [0, 0.1) is 17.1 Å². The van der Waals surface area contributed by atoms with Crippen molar-refractivity contribution in [2.75, 3.05) is 13.1 Å². The van der Waals surface area contributed by atoms with Crippen molar-refractivity contribution in [3.05, 3.63) is 100 Å². The molecule has 0 spiro atoms. The zero-order valence-corrected chi connectivity index (χ0v) is 21.8. The number of hydrogen-bond acceptors (Lipinski definition) is 5. The lowest BCUT2D eigenvalue weighted by atomic mass is 10.0. The zero-order chi connectivity index (χ0) is 29.6. The van der Waals surface area contributed by atoms with Crippen LogP contribution in [-0.4, -0.2) is 48.2 Å². The summed E-state index contributed by atoms with van der Waals surface area (Å²) in [5, 5.41) is 13.6. The van der Waals surface area contributed by atoms with Crippen molar-refractivity contribution < 1.29 is 22.4 Å². The maximum absolute atomic E-state index is 14.5. The van der Waals surface area contributed by atoms with E-state index < -0.39 is 23.5 Å². The number of halogens is 4. The van der Waals surface area contributed by atoms with E-state index in [0.29, 0.717) is 59.9 Å². The summed E-state index contributed by atoms with van der Waals surface area (Å²) in [4.78, 5) is 34.7. The molecule has 0 unspecified atom stereocenters. The maximum atomic E-state index is 14.5. The highest BCUT2D eigenvalue weighted by atomic mass is 19.4. The lowest BCUT2D eigenvalue weighted by Gasteiger charge is -2.32. The average molecular weight is 576 g/mol. The number of amides is 1. The average Bonchev–Trinajstić information content (AvgIpc) is 3.57. The van der Waals surface area contributed by atoms with Crippen molar-refractivity contribution in [1.82, 2.24) is 29.2 Å². The Hall–Kier alpha value is -5.25. The standard InChI is InChI=1S/C29H21F4N7O2/c30-22-13-20(4-5-21(22)29(31,32)33)40-25(18-2-1-9-35-16-18)14-24(37-40)27(41)38-10-7-19(8-11-38)39-26-12-17(15-34)3-6-23(26)36-28(39)42/h1-6,9,12-14,16,19H,7-8,10-11H2,(H,36,42). The fraction of sp³-hybridized carbons (Fsp3) is 0.207. The van der Waals surface area contributed by atoms with E-state index in [1.54, 1.807) is 46.0 Å². The first-order chi connectivity index (χ1) is 20.1. The van der Waals surface area contributed by atoms with Crippen molar-refractivity contribution in [2.24, 2.45) is 0 Å². The van der Waals surface area contributed by atoms with Gasteiger partial charge in [0, 0.05) is 43.2 Å². The predicted molar refractivity (Wildman–Crippen MR) is 143 cm³/mol. The highest BCUT2D eigenvalue weighted by Gasteiger charge is 2.34. The van der Waals surface area contributed by atoms with Gasteiger partial charge in [0.05, 0.1) is 39.6 Å². The predicted octanol–water partition coefficient (Wildman–Crippen LogP) is 5.08. The van der Waals surface area contributed by atoms with Gasteiger partial charge in [-0.25, -0.2) is 13.9 Å². The van der Waals surface area contributed by atoms with E-state index in [-0.39, 0.29) is 23.1 Å². The molecule has 1 amide bonds. The molecule has 1 aliphatic rings. The molecule has 6 rings (SSSR count). The van der Waals surface area contributed by atoms with Gasteiger partial charge in [-0.05, 0) is 61.4 Å². The number of H-pyrrole nitrogens is 1. The molecule has 3 aromatic heterocycles. The van der Waals surface area contributed by atoms with Crippen LogP contribution in [0.3, 0.4) is 0 Å². The first kappa shape index (κ1) is 26.9. The molecular weight excluding hydrogens is 554 g/mol. The van der Waals surface area contributed by atoms with Crippen LogP contribution in [0.1, 0.15) is 40.5 Å². The van der Waals surface area contributed by atoms with Gasteiger partial charge in [-0.15, -0.1) is 0 Å². The molecule has 1 saturated heterocycles. The van der Waals surface area contributed by atoms with Gasteiger partial charge in [0.1, 0.15) is 5.82 Å². The van der Waals surface area contributed by atoms with E-state index in [9.17, 15) is 32.4 Å². The zero-order valence-electron chi connectivity index (χ0n) is 21.8. The van der Waals surface area contributed by atoms with Gasteiger partial charge in [0.2, 0.25) is 0 Å². The topological polar surface area (TPSA) is 113 Å². The summed E-state index contributed by atoms with van der Waals surface area (Å²) in [5.74, 6) is -1.88. The minimum absolute atomic E-state index is 0.00700. The van der Waals surface area contributed by atoms with Crippen LogP contribution >= 0.6 is 0 Å². The summed E-state index contributed by atoms with van der Waals surface area (Å²) >= 11 is 0. The van der Waals surface area contributed by atoms with Crippen molar-refractivity contribution in [3.63, 3.8) is 0 Å². The van der Waals surface area contributed by atoms with Gasteiger partial charge < -0.3 is 9.88 Å². The monoisotopic (exact) mass is 575 g/mol. The fourth-order valence-electron chi connectivity index (χ4n) is 5.31. The molecule has 5 aromatic rings. The highest BCUT2D eigenvalue weighted by molar-refractivity contribution is 5.93. The van der Waals surface area contributed by atoms with Crippen molar-refractivity contribution >= 4 is 16.9 Å². The van der Waals surface area contributed by atoms with E-state index in [0.717, 1.165) is 12.1 Å². The number of rotatable bonds is 4. The number of nitrogens with zero attached hydrogens (tertiary/aromatic N) is 6. The molecule has 1 aliphatic heterocycles. The van der Waals surface area contributed by atoms with Crippen LogP contribution in [0.15, 0.2) is 71.8 Å². The lowest BCUT2D eigenvalue weighted by Crippen LogP contribution is -2.40. The second-order valence-corrected chi connectivity index (χ2v) is 9.90. The van der Waals surface area contributed by atoms with Crippen LogP contribution in [0.2, 0.25) is 0 Å². The molecule has 212 valence electrons. The first-order valence-corrected chi connectivity index (χ1v) is 13.0. The maximum Gasteiger partial charge on any atom is 0.419 e. The number of likely N-dealkylation sites (tertiary alicyclic amines) is 1. The number of alkyl halides is 3. The number of piperidine rings is 1. The minimum Gasteiger partial charge on any atom is -0.337 e. The summed E-state index contributed by atoms with van der Waals surface area (Å²) in [6.45, 7) is 0.620. The molecule has 0 radical (unpaired) electrons. The number of aromatic amines is 1. The Morgan fingerprint density at radius 3 is 2.52 bits per heavy atom. The normalized spacial score (nSPS) is 14.3. The molecule has 4 heterocycles. The van der Waals surface area contributed by atoms with Gasteiger partial charge in [-0.2, -0.15) is 23.5 Å². The molecule has 0 bridgehead atoms. The largest absolute Gasteiger partial charge is 0.419 e. The number of nitriles is 1. The third-order valence-electron chi connectivity index (χ3n) is 7.35. The molecule has 0 saturated carbocycles. The second kappa shape index (κ2) is 10.3. The number of imidazole rings is 1. The number of hydrogen-bond donors (Lipinski definition) is 1. The Kier molecular flexibility index (Phi) is 6.61. The smallest absolute Gasteiger partial charge is 0.337 e. The van der Waals surface area contributed by atoms with Crippen LogP contribution in [0.4, 0.5) is 17.6 Å². The van der Waals surface area contributed by atoms with Crippen LogP contribution in [-0.2, 0) is 6.18 Å². The van der Waals surface area contributed by atoms with Crippen molar-refractivity contribution in [1.29, 1.82) is 5.26 Å². The van der Waals surface area contributed by atoms with E-state index in [4.69, 9.17) is 0 Å². The van der Waals surface area contributed by atoms with Gasteiger partial charge in [0.25, 0.3) is 5.91 Å². The SMILES string of the molecule is N#Cc1ccc2[nH]c(=O)n(C3CCN(C(=O)c4cc(-c5cccnc5)n(-c5ccc(C(F)(F)F)c(F)c5)n4)CC3)c2c1. The summed E-state index contributed by atoms with van der Waals surface area (Å²) in [5.41, 5.74) is 0.863. The lowest BCUT2D eigenvalue weighted by molar-refractivity contribution is -0.140. The highest BCUT2D eigenvalue weighted by Crippen LogP contribution is 2.33. The van der Waals surface area contributed by atoms with Crippen LogP contribution in [0.25, 0.3) is 28.0 Å². The van der Waals surface area contributed by atoms with E-state index in [1.807, 2.05) is 0 Å². The van der Waals surface area contributed by atoms with Crippen LogP contribution < -0.4 is 5.69 Å². The number of fused-ring (bicyclic) bond motifs is 1. The van der Waals surface area contributed by atoms with Gasteiger partial charge in [0.15, 0.2) is 5.69 Å². The van der Waals surface area contributed by atoms with Crippen LogP contribution in [0.5, 0.6) is 0 Å². The Balaban J connectivity index is 1.28. The Morgan fingerprint density at radius 1 is 1.07 bits per heavy atom. The Morgan fingerprint density at radius 2 is 1.86 bits per heavy atom. The quantitative estimate of drug-likeness (QED) is 0.300. The van der Waals surface area contributed by atoms with Gasteiger partial charge in [-0.1, -0.05) is 0 Å². The molecule has 2 aromatic carbocycles. The first-order valence-electron chi connectivity index (χ1n) is 13.0. The van der Waals surface area contributed by atoms with Gasteiger partial charge >= 0.3 is 11.9 Å². The number of carbonyl (C=O) groups is 1. The molecular formula is C29H21F4N7O2. The number of aromatic nitrogens is 5. The molecule has 13 heteroatoms. The summed E-state index contributed by atoms with van der Waals surface area (Å²) < 4.78 is 56.7. The second-order valence-electron chi connectivity index (χ2n) is 9.90. The molecule has 0 aliphatic carbocycles.